The second-order valence-electron chi connectivity index (χ2n) is 7.54. The number of nitrogens with zero attached hydrogens (tertiary/aromatic N) is 2. The summed E-state index contributed by atoms with van der Waals surface area (Å²) in [5, 5.41) is 2.74. The lowest BCUT2D eigenvalue weighted by atomic mass is 10.0. The molecule has 0 saturated heterocycles. The Bertz CT molecular complexity index is 923. The van der Waals surface area contributed by atoms with Crippen LogP contribution in [0.25, 0.3) is 0 Å². The van der Waals surface area contributed by atoms with E-state index in [1.54, 1.807) is 47.4 Å². The number of rotatable bonds is 9. The van der Waals surface area contributed by atoms with Crippen molar-refractivity contribution in [2.45, 2.75) is 31.5 Å². The van der Waals surface area contributed by atoms with Crippen LogP contribution in [0.4, 0.5) is 0 Å². The van der Waals surface area contributed by atoms with Crippen LogP contribution >= 0.6 is 0 Å². The molecule has 1 aliphatic carbocycles. The minimum absolute atomic E-state index is 0.0912. The summed E-state index contributed by atoms with van der Waals surface area (Å²) in [7, 11) is 1.57. The summed E-state index contributed by atoms with van der Waals surface area (Å²) in [6.07, 6.45) is 3.35. The Balaban J connectivity index is 1.43. The molecule has 4 rings (SSSR count). The number of furan rings is 1. The Morgan fingerprint density at radius 1 is 1.23 bits per heavy atom. The fourth-order valence-electron chi connectivity index (χ4n) is 3.79. The van der Waals surface area contributed by atoms with Crippen molar-refractivity contribution in [3.8, 4) is 0 Å². The standard InChI is InChI=1S/C22H25N3O5/c1-29-12-10-24(14-16-5-4-11-30-16)19(26)13-23-21(27)20-17-6-2-3-7-18(17)22(28)25(20)15-8-9-15/h2-7,11,15,20H,8-10,12-14H2,1H3,(H,23,27). The number of nitrogens with one attached hydrogen (secondary N) is 1. The Hall–Kier alpha value is -3.13. The molecule has 3 amide bonds. The van der Waals surface area contributed by atoms with Gasteiger partial charge in [0.15, 0.2) is 0 Å². The molecular weight excluding hydrogens is 386 g/mol. The zero-order valence-corrected chi connectivity index (χ0v) is 16.9. The zero-order chi connectivity index (χ0) is 21.1. The SMILES string of the molecule is COCCN(Cc1ccco1)C(=O)CNC(=O)C1c2ccccc2C(=O)N1C1CC1. The number of amides is 3. The summed E-state index contributed by atoms with van der Waals surface area (Å²) in [6, 6.07) is 10.1. The van der Waals surface area contributed by atoms with E-state index in [4.69, 9.17) is 9.15 Å². The van der Waals surface area contributed by atoms with Crippen molar-refractivity contribution in [3.63, 3.8) is 0 Å². The minimum atomic E-state index is -0.688. The van der Waals surface area contributed by atoms with Gasteiger partial charge >= 0.3 is 0 Å². The first kappa shape index (κ1) is 20.2. The molecule has 158 valence electrons. The van der Waals surface area contributed by atoms with Gasteiger partial charge in [-0.25, -0.2) is 0 Å². The van der Waals surface area contributed by atoms with Crippen LogP contribution < -0.4 is 5.32 Å². The van der Waals surface area contributed by atoms with Gasteiger partial charge in [-0.2, -0.15) is 0 Å². The van der Waals surface area contributed by atoms with Crippen molar-refractivity contribution in [1.82, 2.24) is 15.1 Å². The van der Waals surface area contributed by atoms with Gasteiger partial charge in [-0.15, -0.1) is 0 Å². The summed E-state index contributed by atoms with van der Waals surface area (Å²) in [5.74, 6) is -0.0363. The summed E-state index contributed by atoms with van der Waals surface area (Å²) in [4.78, 5) is 41.8. The Morgan fingerprint density at radius 3 is 2.73 bits per heavy atom. The Labute approximate surface area is 174 Å². The monoisotopic (exact) mass is 411 g/mol. The first-order chi connectivity index (χ1) is 14.6. The highest BCUT2D eigenvalue weighted by Crippen LogP contribution is 2.41. The van der Waals surface area contributed by atoms with E-state index in [1.165, 1.54) is 0 Å². The molecule has 1 unspecified atom stereocenters. The Kier molecular flexibility index (Phi) is 5.85. The second kappa shape index (κ2) is 8.71. The number of hydrogen-bond donors (Lipinski definition) is 1. The van der Waals surface area contributed by atoms with Gasteiger partial charge in [0, 0.05) is 25.3 Å². The molecule has 1 fully saturated rings. The lowest BCUT2D eigenvalue weighted by Gasteiger charge is -2.25. The fraction of sp³-hybridized carbons (Fsp3) is 0.409. The number of methoxy groups -OCH3 is 1. The molecule has 1 atom stereocenters. The number of carbonyl (C=O) groups is 3. The molecule has 1 aromatic heterocycles. The topological polar surface area (TPSA) is 92.1 Å². The average molecular weight is 411 g/mol. The first-order valence-electron chi connectivity index (χ1n) is 10.1. The molecule has 1 N–H and O–H groups in total. The predicted molar refractivity (Wildman–Crippen MR) is 107 cm³/mol. The highest BCUT2D eigenvalue weighted by molar-refractivity contribution is 6.05. The molecule has 1 aromatic carbocycles. The number of fused-ring (bicyclic) bond motifs is 1. The third-order valence-electron chi connectivity index (χ3n) is 5.45. The first-order valence-corrected chi connectivity index (χ1v) is 10.1. The number of benzene rings is 1. The number of carbonyl (C=O) groups excluding carboxylic acids is 3. The summed E-state index contributed by atoms with van der Waals surface area (Å²) < 4.78 is 10.4. The Morgan fingerprint density at radius 2 is 2.03 bits per heavy atom. The minimum Gasteiger partial charge on any atom is -0.467 e. The highest BCUT2D eigenvalue weighted by atomic mass is 16.5. The van der Waals surface area contributed by atoms with E-state index in [0.29, 0.717) is 36.6 Å². The van der Waals surface area contributed by atoms with E-state index < -0.39 is 6.04 Å². The van der Waals surface area contributed by atoms with Crippen LogP contribution in [0.2, 0.25) is 0 Å². The van der Waals surface area contributed by atoms with Crippen LogP contribution in [0.3, 0.4) is 0 Å². The third kappa shape index (κ3) is 4.09. The predicted octanol–water partition coefficient (Wildman–Crippen LogP) is 1.73. The maximum atomic E-state index is 13.0. The van der Waals surface area contributed by atoms with E-state index in [-0.39, 0.29) is 30.3 Å². The zero-order valence-electron chi connectivity index (χ0n) is 16.9. The summed E-state index contributed by atoms with van der Waals surface area (Å²) in [5.41, 5.74) is 1.27. The molecule has 2 aromatic rings. The lowest BCUT2D eigenvalue weighted by molar-refractivity contribution is -0.135. The van der Waals surface area contributed by atoms with E-state index in [0.717, 1.165) is 12.8 Å². The normalized spacial score (nSPS) is 17.7. The molecule has 1 aliphatic heterocycles. The van der Waals surface area contributed by atoms with Crippen LogP contribution in [0.5, 0.6) is 0 Å². The third-order valence-corrected chi connectivity index (χ3v) is 5.45. The molecule has 2 aliphatic rings. The van der Waals surface area contributed by atoms with Gasteiger partial charge in [-0.05, 0) is 36.6 Å². The van der Waals surface area contributed by atoms with Crippen molar-refractivity contribution in [2.24, 2.45) is 0 Å². The van der Waals surface area contributed by atoms with Crippen molar-refractivity contribution in [3.05, 3.63) is 59.5 Å². The van der Waals surface area contributed by atoms with Gasteiger partial charge in [0.25, 0.3) is 5.91 Å². The van der Waals surface area contributed by atoms with Crippen LogP contribution in [0, 0.1) is 0 Å². The van der Waals surface area contributed by atoms with Crippen molar-refractivity contribution >= 4 is 17.7 Å². The molecule has 1 saturated carbocycles. The molecule has 2 heterocycles. The molecule has 0 radical (unpaired) electrons. The van der Waals surface area contributed by atoms with Gasteiger partial charge in [0.1, 0.15) is 11.8 Å². The van der Waals surface area contributed by atoms with Crippen LogP contribution in [-0.4, -0.2) is 60.4 Å². The van der Waals surface area contributed by atoms with Crippen molar-refractivity contribution in [1.29, 1.82) is 0 Å². The maximum absolute atomic E-state index is 13.0. The molecule has 8 nitrogen and oxygen atoms in total. The van der Waals surface area contributed by atoms with Gasteiger partial charge in [-0.3, -0.25) is 14.4 Å². The van der Waals surface area contributed by atoms with Gasteiger partial charge in [-0.1, -0.05) is 18.2 Å². The van der Waals surface area contributed by atoms with Gasteiger partial charge in [0.05, 0.1) is 26.0 Å². The summed E-state index contributed by atoms with van der Waals surface area (Å²) in [6.45, 7) is 0.893. The largest absolute Gasteiger partial charge is 0.467 e. The van der Waals surface area contributed by atoms with Crippen LogP contribution in [0.1, 0.15) is 40.6 Å². The van der Waals surface area contributed by atoms with Gasteiger partial charge < -0.3 is 24.3 Å². The number of ether oxygens (including phenoxy) is 1. The van der Waals surface area contributed by atoms with Gasteiger partial charge in [0.2, 0.25) is 11.8 Å². The fourth-order valence-corrected chi connectivity index (χ4v) is 3.79. The highest BCUT2D eigenvalue weighted by Gasteiger charge is 2.47. The molecule has 8 heteroatoms. The van der Waals surface area contributed by atoms with E-state index in [9.17, 15) is 14.4 Å². The molecule has 0 bridgehead atoms. The van der Waals surface area contributed by atoms with Crippen molar-refractivity contribution in [2.75, 3.05) is 26.8 Å². The molecular formula is C22H25N3O5. The lowest BCUT2D eigenvalue weighted by Crippen LogP contribution is -2.45. The maximum Gasteiger partial charge on any atom is 0.255 e. The molecule has 0 spiro atoms. The van der Waals surface area contributed by atoms with E-state index in [2.05, 4.69) is 5.32 Å². The smallest absolute Gasteiger partial charge is 0.255 e. The number of hydrogen-bond acceptors (Lipinski definition) is 5. The van der Waals surface area contributed by atoms with Crippen LogP contribution in [0.15, 0.2) is 47.1 Å². The van der Waals surface area contributed by atoms with E-state index in [1.807, 2.05) is 12.1 Å². The van der Waals surface area contributed by atoms with E-state index >= 15 is 0 Å². The quantitative estimate of drug-likeness (QED) is 0.679. The second-order valence-corrected chi connectivity index (χ2v) is 7.54. The average Bonchev–Trinajstić information content (AvgIpc) is 3.38. The van der Waals surface area contributed by atoms with Crippen LogP contribution in [-0.2, 0) is 20.9 Å². The summed E-state index contributed by atoms with van der Waals surface area (Å²) >= 11 is 0. The van der Waals surface area contributed by atoms with Crippen molar-refractivity contribution < 1.29 is 23.5 Å². The molecule has 30 heavy (non-hydrogen) atoms.